The fourth-order valence-corrected chi connectivity index (χ4v) is 2.69. The van der Waals surface area contributed by atoms with E-state index in [9.17, 15) is 0 Å². The smallest absolute Gasteiger partial charge is 0.0377 e. The van der Waals surface area contributed by atoms with Crippen LogP contribution >= 0.6 is 11.8 Å². The molecule has 0 spiro atoms. The predicted octanol–water partition coefficient (Wildman–Crippen LogP) is 2.60. The van der Waals surface area contributed by atoms with Gasteiger partial charge in [0.25, 0.3) is 0 Å². The van der Waals surface area contributed by atoms with Crippen molar-refractivity contribution in [3.05, 3.63) is 24.3 Å². The van der Waals surface area contributed by atoms with Crippen molar-refractivity contribution in [3.63, 3.8) is 0 Å². The van der Waals surface area contributed by atoms with Gasteiger partial charge in [-0.05, 0) is 44.3 Å². The molecule has 16 heavy (non-hydrogen) atoms. The highest BCUT2D eigenvalue weighted by Gasteiger charge is 2.17. The molecule has 88 valence electrons. The van der Waals surface area contributed by atoms with Gasteiger partial charge < -0.3 is 10.2 Å². The van der Waals surface area contributed by atoms with Crippen LogP contribution in [0.2, 0.25) is 0 Å². The summed E-state index contributed by atoms with van der Waals surface area (Å²) in [5, 5.41) is 3.37. The van der Waals surface area contributed by atoms with E-state index in [1.807, 2.05) is 11.8 Å². The molecule has 1 heterocycles. The first kappa shape index (κ1) is 11.8. The molecular weight excluding hydrogens is 216 g/mol. The van der Waals surface area contributed by atoms with Crippen LogP contribution in [0.4, 0.5) is 5.69 Å². The second-order valence-corrected chi connectivity index (χ2v) is 5.13. The fourth-order valence-electron chi connectivity index (χ4n) is 2.23. The molecule has 2 nitrogen and oxygen atoms in total. The van der Waals surface area contributed by atoms with E-state index in [2.05, 4.69) is 47.8 Å². The zero-order valence-corrected chi connectivity index (χ0v) is 10.9. The number of thioether (sulfide) groups is 1. The lowest BCUT2D eigenvalue weighted by Crippen LogP contribution is -2.41. The minimum Gasteiger partial charge on any atom is -0.371 e. The third-order valence-corrected chi connectivity index (χ3v) is 4.05. The van der Waals surface area contributed by atoms with Crippen LogP contribution < -0.4 is 10.2 Å². The molecule has 2 rings (SSSR count). The third-order valence-electron chi connectivity index (χ3n) is 3.32. The molecule has 1 aromatic carbocycles. The van der Waals surface area contributed by atoms with Crippen LogP contribution in [0.15, 0.2) is 29.2 Å². The maximum atomic E-state index is 3.37. The standard InChI is InChI=1S/C13H20N2S/c1-14-11-6-8-15(9-7-11)12-4-3-5-13(10-12)16-2/h3-5,10-11,14H,6-9H2,1-2H3. The molecule has 1 N–H and O–H groups in total. The van der Waals surface area contributed by atoms with Gasteiger partial charge >= 0.3 is 0 Å². The fraction of sp³-hybridized carbons (Fsp3) is 0.538. The van der Waals surface area contributed by atoms with E-state index >= 15 is 0 Å². The van der Waals surface area contributed by atoms with E-state index in [0.717, 1.165) is 0 Å². The zero-order chi connectivity index (χ0) is 11.4. The molecule has 1 aromatic rings. The molecular formula is C13H20N2S. The molecule has 0 unspecified atom stereocenters. The molecule has 0 amide bonds. The van der Waals surface area contributed by atoms with Crippen molar-refractivity contribution < 1.29 is 0 Å². The normalized spacial score (nSPS) is 17.8. The van der Waals surface area contributed by atoms with E-state index < -0.39 is 0 Å². The molecule has 0 radical (unpaired) electrons. The minimum atomic E-state index is 0.708. The monoisotopic (exact) mass is 236 g/mol. The minimum absolute atomic E-state index is 0.708. The van der Waals surface area contributed by atoms with Gasteiger partial charge in [-0.25, -0.2) is 0 Å². The van der Waals surface area contributed by atoms with Crippen molar-refractivity contribution in [2.75, 3.05) is 31.3 Å². The van der Waals surface area contributed by atoms with E-state index in [1.54, 1.807) is 0 Å². The van der Waals surface area contributed by atoms with E-state index in [-0.39, 0.29) is 0 Å². The Kier molecular flexibility index (Phi) is 4.13. The second-order valence-electron chi connectivity index (χ2n) is 4.25. The van der Waals surface area contributed by atoms with Crippen molar-refractivity contribution in [3.8, 4) is 0 Å². The van der Waals surface area contributed by atoms with E-state index in [4.69, 9.17) is 0 Å². The number of anilines is 1. The molecule has 0 saturated carbocycles. The van der Waals surface area contributed by atoms with Crippen molar-refractivity contribution >= 4 is 17.4 Å². The summed E-state index contributed by atoms with van der Waals surface area (Å²) in [4.78, 5) is 3.85. The first-order valence-corrected chi connectivity index (χ1v) is 7.12. The Bertz CT molecular complexity index is 332. The number of nitrogens with one attached hydrogen (secondary N) is 1. The molecule has 1 saturated heterocycles. The second kappa shape index (κ2) is 5.60. The van der Waals surface area contributed by atoms with Gasteiger partial charge in [0.05, 0.1) is 0 Å². The van der Waals surface area contributed by atoms with Crippen LogP contribution in [-0.4, -0.2) is 32.4 Å². The number of nitrogens with zero attached hydrogens (tertiary/aromatic N) is 1. The Balaban J connectivity index is 2.02. The Hall–Kier alpha value is -0.670. The van der Waals surface area contributed by atoms with Gasteiger partial charge in [-0.1, -0.05) is 6.07 Å². The van der Waals surface area contributed by atoms with Gasteiger partial charge in [-0.3, -0.25) is 0 Å². The SMILES string of the molecule is CNC1CCN(c2cccc(SC)c2)CC1. The molecule has 0 bridgehead atoms. The lowest BCUT2D eigenvalue weighted by atomic mass is 10.0. The first-order valence-electron chi connectivity index (χ1n) is 5.89. The number of piperidine rings is 1. The largest absolute Gasteiger partial charge is 0.371 e. The van der Waals surface area contributed by atoms with Gasteiger partial charge in [0.15, 0.2) is 0 Å². The summed E-state index contributed by atoms with van der Waals surface area (Å²) in [6.07, 6.45) is 4.63. The lowest BCUT2D eigenvalue weighted by Gasteiger charge is -2.33. The lowest BCUT2D eigenvalue weighted by molar-refractivity contribution is 0.442. The van der Waals surface area contributed by atoms with Crippen LogP contribution in [0.5, 0.6) is 0 Å². The van der Waals surface area contributed by atoms with Crippen LogP contribution in [-0.2, 0) is 0 Å². The summed E-state index contributed by atoms with van der Waals surface area (Å²) >= 11 is 1.81. The zero-order valence-electron chi connectivity index (χ0n) is 10.1. The van der Waals surface area contributed by atoms with Gasteiger partial charge in [0, 0.05) is 29.7 Å². The molecule has 3 heteroatoms. The number of rotatable bonds is 3. The molecule has 1 fully saturated rings. The Morgan fingerprint density at radius 2 is 2.06 bits per heavy atom. The molecule has 0 aliphatic carbocycles. The quantitative estimate of drug-likeness (QED) is 0.812. The third kappa shape index (κ3) is 2.71. The van der Waals surface area contributed by atoms with Crippen molar-refractivity contribution in [1.29, 1.82) is 0 Å². The summed E-state index contributed by atoms with van der Waals surface area (Å²) in [5.74, 6) is 0. The molecule has 0 atom stereocenters. The van der Waals surface area contributed by atoms with Gasteiger partial charge in [0.1, 0.15) is 0 Å². The summed E-state index contributed by atoms with van der Waals surface area (Å²) in [6, 6.07) is 9.56. The maximum Gasteiger partial charge on any atom is 0.0377 e. The summed E-state index contributed by atoms with van der Waals surface area (Å²) in [6.45, 7) is 2.34. The highest BCUT2D eigenvalue weighted by atomic mass is 32.2. The van der Waals surface area contributed by atoms with Crippen molar-refractivity contribution in [1.82, 2.24) is 5.32 Å². The highest BCUT2D eigenvalue weighted by molar-refractivity contribution is 7.98. The average molecular weight is 236 g/mol. The Labute approximate surface area is 102 Å². The first-order chi connectivity index (χ1) is 7.83. The number of benzene rings is 1. The summed E-state index contributed by atoms with van der Waals surface area (Å²) < 4.78 is 0. The summed E-state index contributed by atoms with van der Waals surface area (Å²) in [5.41, 5.74) is 1.38. The average Bonchev–Trinajstić information content (AvgIpc) is 2.39. The summed E-state index contributed by atoms with van der Waals surface area (Å²) in [7, 11) is 2.06. The topological polar surface area (TPSA) is 15.3 Å². The van der Waals surface area contributed by atoms with Crippen LogP contribution in [0, 0.1) is 0 Å². The highest BCUT2D eigenvalue weighted by Crippen LogP contribution is 2.24. The van der Waals surface area contributed by atoms with Gasteiger partial charge in [0.2, 0.25) is 0 Å². The predicted molar refractivity (Wildman–Crippen MR) is 72.5 cm³/mol. The van der Waals surface area contributed by atoms with Crippen LogP contribution in [0.25, 0.3) is 0 Å². The number of hydrogen-bond acceptors (Lipinski definition) is 3. The van der Waals surface area contributed by atoms with E-state index in [1.165, 1.54) is 36.5 Å². The number of hydrogen-bond donors (Lipinski definition) is 1. The van der Waals surface area contributed by atoms with Crippen molar-refractivity contribution in [2.45, 2.75) is 23.8 Å². The van der Waals surface area contributed by atoms with Crippen LogP contribution in [0.1, 0.15) is 12.8 Å². The molecule has 0 aromatic heterocycles. The van der Waals surface area contributed by atoms with Gasteiger partial charge in [-0.15, -0.1) is 11.8 Å². The molecule has 1 aliphatic heterocycles. The van der Waals surface area contributed by atoms with E-state index in [0.29, 0.717) is 6.04 Å². The maximum absolute atomic E-state index is 3.37. The Morgan fingerprint density at radius 1 is 1.31 bits per heavy atom. The molecule has 1 aliphatic rings. The van der Waals surface area contributed by atoms with Crippen molar-refractivity contribution in [2.24, 2.45) is 0 Å². The van der Waals surface area contributed by atoms with Gasteiger partial charge in [-0.2, -0.15) is 0 Å². The Morgan fingerprint density at radius 3 is 2.69 bits per heavy atom. The van der Waals surface area contributed by atoms with Crippen LogP contribution in [0.3, 0.4) is 0 Å².